The number of carbonyl (C=O) groups is 1. The van der Waals surface area contributed by atoms with Crippen molar-refractivity contribution in [3.8, 4) is 23.0 Å². The molecule has 0 spiro atoms. The molecule has 188 valence electrons. The fourth-order valence-electron chi connectivity index (χ4n) is 4.07. The topological polar surface area (TPSA) is 109 Å². The second-order valence-electron chi connectivity index (χ2n) is 7.84. The van der Waals surface area contributed by atoms with Gasteiger partial charge in [-0.2, -0.15) is 0 Å². The number of hydrogen-bond donors (Lipinski definition) is 1. The van der Waals surface area contributed by atoms with Crippen molar-refractivity contribution in [1.29, 1.82) is 0 Å². The van der Waals surface area contributed by atoms with E-state index in [0.717, 1.165) is 0 Å². The molecule has 9 nitrogen and oxygen atoms in total. The van der Waals surface area contributed by atoms with Crippen molar-refractivity contribution in [2.75, 3.05) is 27.9 Å². The van der Waals surface area contributed by atoms with Gasteiger partial charge in [0, 0.05) is 5.56 Å². The number of hydrogen-bond acceptors (Lipinski definition) is 9. The molecular formula is C26H26N2O7S. The zero-order valence-corrected chi connectivity index (χ0v) is 21.3. The number of methoxy groups -OCH3 is 3. The summed E-state index contributed by atoms with van der Waals surface area (Å²) in [4.78, 5) is 31.9. The maximum absolute atomic E-state index is 13.8. The SMILES string of the molecule is CCOC(=O)C1=C(C)N=c2s/c(=C\c3ccc(O)c(OC)c3)c(=O)n2C1c1cc(OC)ccc1OC. The smallest absolute Gasteiger partial charge is 0.338 e. The maximum Gasteiger partial charge on any atom is 0.338 e. The van der Waals surface area contributed by atoms with Gasteiger partial charge in [0.1, 0.15) is 17.5 Å². The minimum Gasteiger partial charge on any atom is -0.504 e. The average Bonchev–Trinajstić information content (AvgIpc) is 3.18. The van der Waals surface area contributed by atoms with E-state index >= 15 is 0 Å². The monoisotopic (exact) mass is 510 g/mol. The van der Waals surface area contributed by atoms with E-state index in [9.17, 15) is 14.7 Å². The van der Waals surface area contributed by atoms with E-state index in [0.29, 0.717) is 37.7 Å². The van der Waals surface area contributed by atoms with E-state index in [1.54, 1.807) is 50.3 Å². The van der Waals surface area contributed by atoms with Gasteiger partial charge in [-0.1, -0.05) is 17.4 Å². The quantitative estimate of drug-likeness (QED) is 0.487. The average molecular weight is 511 g/mol. The summed E-state index contributed by atoms with van der Waals surface area (Å²) in [6, 6.07) is 9.16. The lowest BCUT2D eigenvalue weighted by atomic mass is 9.94. The lowest BCUT2D eigenvalue weighted by molar-refractivity contribution is -0.139. The zero-order chi connectivity index (χ0) is 26.0. The summed E-state index contributed by atoms with van der Waals surface area (Å²) in [5.41, 5.74) is 1.57. The van der Waals surface area contributed by atoms with E-state index in [2.05, 4.69) is 4.99 Å². The molecule has 3 aromatic rings. The number of phenols is 1. The van der Waals surface area contributed by atoms with Crippen LogP contribution >= 0.6 is 11.3 Å². The van der Waals surface area contributed by atoms with Crippen LogP contribution in [-0.4, -0.2) is 43.6 Å². The van der Waals surface area contributed by atoms with Crippen molar-refractivity contribution >= 4 is 23.4 Å². The molecule has 4 rings (SSSR count). The van der Waals surface area contributed by atoms with Crippen LogP contribution in [0.15, 0.2) is 57.5 Å². The molecule has 1 aromatic heterocycles. The fraction of sp³-hybridized carbons (Fsp3) is 0.269. The molecule has 1 unspecified atom stereocenters. The van der Waals surface area contributed by atoms with Crippen LogP contribution in [0.25, 0.3) is 6.08 Å². The van der Waals surface area contributed by atoms with Gasteiger partial charge in [0.05, 0.1) is 43.7 Å². The van der Waals surface area contributed by atoms with E-state index in [4.69, 9.17) is 18.9 Å². The van der Waals surface area contributed by atoms with Crippen molar-refractivity contribution in [1.82, 2.24) is 4.57 Å². The van der Waals surface area contributed by atoms with Crippen LogP contribution in [0.4, 0.5) is 0 Å². The predicted molar refractivity (Wildman–Crippen MR) is 135 cm³/mol. The molecule has 0 radical (unpaired) electrons. The summed E-state index contributed by atoms with van der Waals surface area (Å²) in [7, 11) is 4.51. The Balaban J connectivity index is 2.00. The Hall–Kier alpha value is -4.05. The molecule has 0 saturated carbocycles. The van der Waals surface area contributed by atoms with Crippen molar-refractivity contribution < 1.29 is 28.8 Å². The van der Waals surface area contributed by atoms with Crippen LogP contribution in [0, 0.1) is 0 Å². The van der Waals surface area contributed by atoms with E-state index in [-0.39, 0.29) is 29.2 Å². The molecule has 0 aliphatic carbocycles. The Morgan fingerprint density at radius 2 is 1.86 bits per heavy atom. The third-order valence-corrected chi connectivity index (χ3v) is 6.73. The van der Waals surface area contributed by atoms with Gasteiger partial charge in [-0.15, -0.1) is 0 Å². The van der Waals surface area contributed by atoms with E-state index < -0.39 is 12.0 Å². The predicted octanol–water partition coefficient (Wildman–Crippen LogP) is 2.53. The van der Waals surface area contributed by atoms with Crippen molar-refractivity contribution in [2.24, 2.45) is 4.99 Å². The molecule has 2 heterocycles. The number of phenolic OH excluding ortho intramolecular Hbond substituents is 1. The number of fused-ring (bicyclic) bond motifs is 1. The number of thiazole rings is 1. The number of benzene rings is 2. The number of ether oxygens (including phenoxy) is 4. The number of aromatic hydroxyl groups is 1. The first-order chi connectivity index (χ1) is 17.3. The molecule has 2 aromatic carbocycles. The lowest BCUT2D eigenvalue weighted by Crippen LogP contribution is -2.40. The molecule has 36 heavy (non-hydrogen) atoms. The molecule has 10 heteroatoms. The van der Waals surface area contributed by atoms with Crippen LogP contribution in [-0.2, 0) is 9.53 Å². The minimum atomic E-state index is -0.846. The zero-order valence-electron chi connectivity index (χ0n) is 20.5. The van der Waals surface area contributed by atoms with Crippen molar-refractivity contribution in [2.45, 2.75) is 19.9 Å². The van der Waals surface area contributed by atoms with E-state index in [1.165, 1.54) is 43.3 Å². The molecule has 1 aliphatic rings. The second-order valence-corrected chi connectivity index (χ2v) is 8.85. The Bertz CT molecular complexity index is 1530. The molecule has 1 atom stereocenters. The number of esters is 1. The number of nitrogens with zero attached hydrogens (tertiary/aromatic N) is 2. The number of allylic oxidation sites excluding steroid dienone is 1. The normalized spacial score (nSPS) is 15.2. The van der Waals surface area contributed by atoms with Crippen LogP contribution in [0.1, 0.15) is 31.0 Å². The van der Waals surface area contributed by atoms with Crippen LogP contribution < -0.4 is 29.1 Å². The molecule has 0 bridgehead atoms. The van der Waals surface area contributed by atoms with Gasteiger partial charge in [0.15, 0.2) is 16.3 Å². The first-order valence-corrected chi connectivity index (χ1v) is 11.9. The third-order valence-electron chi connectivity index (χ3n) is 5.75. The fourth-order valence-corrected chi connectivity index (χ4v) is 5.12. The van der Waals surface area contributed by atoms with E-state index in [1.807, 2.05) is 0 Å². The standard InChI is InChI=1S/C26H26N2O7S/c1-6-35-25(31)22-14(2)27-26-28(23(22)17-13-16(32-3)8-10-19(17)33-4)24(30)21(36-26)12-15-7-9-18(29)20(11-15)34-5/h7-13,23,29H,6H2,1-5H3/b21-12-. The third kappa shape index (κ3) is 4.47. The van der Waals surface area contributed by atoms with Crippen molar-refractivity contribution in [3.63, 3.8) is 0 Å². The first-order valence-electron chi connectivity index (χ1n) is 11.1. The van der Waals surface area contributed by atoms with Crippen LogP contribution in [0.2, 0.25) is 0 Å². The summed E-state index contributed by atoms with van der Waals surface area (Å²) >= 11 is 1.19. The Kier molecular flexibility index (Phi) is 7.16. The molecule has 0 fully saturated rings. The van der Waals surface area contributed by atoms with Gasteiger partial charge in [0.25, 0.3) is 5.56 Å². The lowest BCUT2D eigenvalue weighted by Gasteiger charge is -2.26. The van der Waals surface area contributed by atoms with Gasteiger partial charge >= 0.3 is 5.97 Å². The van der Waals surface area contributed by atoms with Crippen LogP contribution in [0.3, 0.4) is 0 Å². The highest BCUT2D eigenvalue weighted by atomic mass is 32.1. The molecule has 1 N–H and O–H groups in total. The second kappa shape index (κ2) is 10.3. The Labute approximate surface area is 211 Å². The molecule has 0 saturated heterocycles. The number of carbonyl (C=O) groups excluding carboxylic acids is 1. The van der Waals surface area contributed by atoms with Gasteiger partial charge in [-0.3, -0.25) is 9.36 Å². The highest BCUT2D eigenvalue weighted by Gasteiger charge is 2.35. The Morgan fingerprint density at radius 3 is 2.53 bits per heavy atom. The highest BCUT2D eigenvalue weighted by molar-refractivity contribution is 7.07. The molecule has 1 aliphatic heterocycles. The number of rotatable bonds is 7. The van der Waals surface area contributed by atoms with Gasteiger partial charge in [0.2, 0.25) is 0 Å². The largest absolute Gasteiger partial charge is 0.504 e. The molecular weight excluding hydrogens is 484 g/mol. The van der Waals surface area contributed by atoms with Gasteiger partial charge < -0.3 is 24.1 Å². The first kappa shape index (κ1) is 25.1. The maximum atomic E-state index is 13.8. The van der Waals surface area contributed by atoms with Gasteiger partial charge in [-0.25, -0.2) is 9.79 Å². The minimum absolute atomic E-state index is 0.00377. The summed E-state index contributed by atoms with van der Waals surface area (Å²) in [5.74, 6) is 0.746. The molecule has 0 amide bonds. The summed E-state index contributed by atoms with van der Waals surface area (Å²) in [6.07, 6.45) is 1.69. The summed E-state index contributed by atoms with van der Waals surface area (Å²) in [6.45, 7) is 3.61. The van der Waals surface area contributed by atoms with Crippen molar-refractivity contribution in [3.05, 3.63) is 78.5 Å². The van der Waals surface area contributed by atoms with Crippen LogP contribution in [0.5, 0.6) is 23.0 Å². The highest BCUT2D eigenvalue weighted by Crippen LogP contribution is 2.37. The summed E-state index contributed by atoms with van der Waals surface area (Å²) < 4.78 is 23.4. The Morgan fingerprint density at radius 1 is 1.11 bits per heavy atom. The summed E-state index contributed by atoms with van der Waals surface area (Å²) in [5, 5.41) is 9.91. The number of aromatic nitrogens is 1. The van der Waals surface area contributed by atoms with Gasteiger partial charge in [-0.05, 0) is 55.8 Å².